The fourth-order valence-electron chi connectivity index (χ4n) is 3.39. The van der Waals surface area contributed by atoms with Gasteiger partial charge >= 0.3 is 0 Å². The minimum atomic E-state index is -0.253. The molecule has 3 rings (SSSR count). The van der Waals surface area contributed by atoms with E-state index in [1.807, 2.05) is 49.1 Å². The lowest BCUT2D eigenvalue weighted by molar-refractivity contribution is -0.131. The van der Waals surface area contributed by atoms with Gasteiger partial charge in [-0.25, -0.2) is 0 Å². The normalized spacial score (nSPS) is 13.9. The summed E-state index contributed by atoms with van der Waals surface area (Å²) in [5.74, 6) is 0.591. The highest BCUT2D eigenvalue weighted by atomic mass is 35.5. The van der Waals surface area contributed by atoms with Crippen molar-refractivity contribution in [3.05, 3.63) is 53.1 Å². The van der Waals surface area contributed by atoms with Gasteiger partial charge in [-0.15, -0.1) is 0 Å². The largest absolute Gasteiger partial charge is 0.483 e. The molecule has 0 bridgehead atoms. The summed E-state index contributed by atoms with van der Waals surface area (Å²) in [5, 5.41) is 3.48. The quantitative estimate of drug-likeness (QED) is 0.781. The van der Waals surface area contributed by atoms with Crippen LogP contribution in [-0.4, -0.2) is 49.5 Å². The maximum atomic E-state index is 12.5. The number of benzene rings is 2. The number of rotatable bonds is 6. The molecule has 0 saturated carbocycles. The molecular formula is C22H26ClN3O3. The van der Waals surface area contributed by atoms with Crippen LogP contribution in [0, 0.1) is 6.92 Å². The molecule has 1 aliphatic heterocycles. The zero-order valence-electron chi connectivity index (χ0n) is 16.8. The number of aryl methyl sites for hydroxylation is 1. The van der Waals surface area contributed by atoms with Crippen LogP contribution in [0.5, 0.6) is 5.75 Å². The molecule has 2 amide bonds. The van der Waals surface area contributed by atoms with Crippen LogP contribution in [0.1, 0.15) is 18.9 Å². The summed E-state index contributed by atoms with van der Waals surface area (Å²) in [4.78, 5) is 28.4. The lowest BCUT2D eigenvalue weighted by Gasteiger charge is -2.37. The van der Waals surface area contributed by atoms with Gasteiger partial charge in [0.2, 0.25) is 5.91 Å². The molecule has 0 unspecified atom stereocenters. The van der Waals surface area contributed by atoms with Crippen LogP contribution in [0.25, 0.3) is 0 Å². The number of hydrogen-bond donors (Lipinski definition) is 1. The molecule has 2 aromatic carbocycles. The van der Waals surface area contributed by atoms with Crippen LogP contribution in [0.15, 0.2) is 42.5 Å². The van der Waals surface area contributed by atoms with Crippen molar-refractivity contribution in [3.8, 4) is 5.75 Å². The van der Waals surface area contributed by atoms with E-state index < -0.39 is 0 Å². The van der Waals surface area contributed by atoms with E-state index in [9.17, 15) is 9.59 Å². The zero-order chi connectivity index (χ0) is 20.8. The molecule has 1 heterocycles. The fourth-order valence-corrected chi connectivity index (χ4v) is 3.68. The molecule has 154 valence electrons. The lowest BCUT2D eigenvalue weighted by Crippen LogP contribution is -2.48. The second-order valence-corrected chi connectivity index (χ2v) is 7.37. The van der Waals surface area contributed by atoms with Crippen LogP contribution >= 0.6 is 11.6 Å². The molecular weight excluding hydrogens is 390 g/mol. The average Bonchev–Trinajstić information content (AvgIpc) is 2.73. The van der Waals surface area contributed by atoms with Gasteiger partial charge in [-0.2, -0.15) is 0 Å². The van der Waals surface area contributed by atoms with E-state index in [0.29, 0.717) is 49.1 Å². The molecule has 1 aliphatic rings. The molecule has 7 heteroatoms. The Balaban J connectivity index is 1.66. The Morgan fingerprint density at radius 2 is 1.79 bits per heavy atom. The Morgan fingerprint density at radius 3 is 2.48 bits per heavy atom. The number of nitrogens with one attached hydrogen (secondary N) is 1. The van der Waals surface area contributed by atoms with Gasteiger partial charge in [-0.1, -0.05) is 42.8 Å². The maximum Gasteiger partial charge on any atom is 0.262 e. The average molecular weight is 416 g/mol. The van der Waals surface area contributed by atoms with Gasteiger partial charge in [-0.3, -0.25) is 9.59 Å². The number of carbonyl (C=O) groups excluding carboxylic acids is 2. The predicted molar refractivity (Wildman–Crippen MR) is 116 cm³/mol. The maximum absolute atomic E-state index is 12.5. The zero-order valence-corrected chi connectivity index (χ0v) is 17.5. The van der Waals surface area contributed by atoms with Crippen molar-refractivity contribution in [2.24, 2.45) is 0 Å². The first-order chi connectivity index (χ1) is 14.0. The Hall–Kier alpha value is -2.73. The first kappa shape index (κ1) is 21.0. The van der Waals surface area contributed by atoms with Crippen molar-refractivity contribution in [1.82, 2.24) is 4.90 Å². The van der Waals surface area contributed by atoms with Crippen molar-refractivity contribution < 1.29 is 14.3 Å². The third-order valence-corrected chi connectivity index (χ3v) is 5.27. The van der Waals surface area contributed by atoms with Gasteiger partial charge in [0, 0.05) is 32.6 Å². The predicted octanol–water partition coefficient (Wildman–Crippen LogP) is 3.72. The highest BCUT2D eigenvalue weighted by Crippen LogP contribution is 2.34. The standard InChI is InChI=1S/C22H26ClN3O3/c1-3-21(28)25-11-13-26(14-12-25)22-17(23)8-6-9-18(22)24-20(27)15-29-19-10-5-4-7-16(19)2/h4-10H,3,11-15H2,1-2H3,(H,24,27). The van der Waals surface area contributed by atoms with Crippen molar-refractivity contribution in [1.29, 1.82) is 0 Å². The molecule has 0 spiro atoms. The molecule has 1 fully saturated rings. The highest BCUT2D eigenvalue weighted by Gasteiger charge is 2.24. The smallest absolute Gasteiger partial charge is 0.262 e. The van der Waals surface area contributed by atoms with Crippen LogP contribution in [-0.2, 0) is 9.59 Å². The van der Waals surface area contributed by atoms with E-state index in [0.717, 1.165) is 11.3 Å². The summed E-state index contributed by atoms with van der Waals surface area (Å²) in [6.45, 7) is 6.33. The molecule has 6 nitrogen and oxygen atoms in total. The van der Waals surface area contributed by atoms with Crippen molar-refractivity contribution >= 4 is 34.8 Å². The number of hydrogen-bond acceptors (Lipinski definition) is 4. The van der Waals surface area contributed by atoms with Gasteiger partial charge in [0.25, 0.3) is 5.91 Å². The van der Waals surface area contributed by atoms with E-state index in [1.165, 1.54) is 0 Å². The van der Waals surface area contributed by atoms with Crippen molar-refractivity contribution in [3.63, 3.8) is 0 Å². The summed E-state index contributed by atoms with van der Waals surface area (Å²) < 4.78 is 5.64. The molecule has 0 radical (unpaired) electrons. The second-order valence-electron chi connectivity index (χ2n) is 6.96. The summed E-state index contributed by atoms with van der Waals surface area (Å²) in [6.07, 6.45) is 0.508. The van der Waals surface area contributed by atoms with Crippen LogP contribution < -0.4 is 15.0 Å². The summed E-state index contributed by atoms with van der Waals surface area (Å²) in [5.41, 5.74) is 2.40. The third kappa shape index (κ3) is 5.21. The number of amides is 2. The topological polar surface area (TPSA) is 61.9 Å². The van der Waals surface area contributed by atoms with E-state index in [-0.39, 0.29) is 18.4 Å². The van der Waals surface area contributed by atoms with E-state index in [4.69, 9.17) is 16.3 Å². The van der Waals surface area contributed by atoms with Crippen LogP contribution in [0.2, 0.25) is 5.02 Å². The Bertz CT molecular complexity index is 879. The monoisotopic (exact) mass is 415 g/mol. The first-order valence-corrected chi connectivity index (χ1v) is 10.2. The van der Waals surface area contributed by atoms with Crippen LogP contribution in [0.4, 0.5) is 11.4 Å². The number of halogens is 1. The summed E-state index contributed by atoms with van der Waals surface area (Å²) >= 11 is 6.46. The Labute approximate surface area is 176 Å². The van der Waals surface area contributed by atoms with Gasteiger partial charge in [-0.05, 0) is 30.7 Å². The van der Waals surface area contributed by atoms with E-state index >= 15 is 0 Å². The number of nitrogens with zero attached hydrogens (tertiary/aromatic N) is 2. The molecule has 2 aromatic rings. The minimum Gasteiger partial charge on any atom is -0.483 e. The molecule has 0 atom stereocenters. The van der Waals surface area contributed by atoms with Crippen LogP contribution in [0.3, 0.4) is 0 Å². The molecule has 0 aromatic heterocycles. The molecule has 1 N–H and O–H groups in total. The van der Waals surface area contributed by atoms with Crippen molar-refractivity contribution in [2.45, 2.75) is 20.3 Å². The SMILES string of the molecule is CCC(=O)N1CCN(c2c(Cl)cccc2NC(=O)COc2ccccc2C)CC1. The Kier molecular flexibility index (Phi) is 6.99. The van der Waals surface area contributed by atoms with Gasteiger partial charge in [0.05, 0.1) is 16.4 Å². The van der Waals surface area contributed by atoms with Gasteiger partial charge in [0.15, 0.2) is 6.61 Å². The second kappa shape index (κ2) is 9.65. The summed E-state index contributed by atoms with van der Waals surface area (Å²) in [7, 11) is 0. The van der Waals surface area contributed by atoms with Crippen molar-refractivity contribution in [2.75, 3.05) is 43.0 Å². The number of piperazine rings is 1. The number of para-hydroxylation sites is 2. The summed E-state index contributed by atoms with van der Waals surface area (Å²) in [6, 6.07) is 13.0. The lowest BCUT2D eigenvalue weighted by atomic mass is 10.2. The van der Waals surface area contributed by atoms with E-state index in [2.05, 4.69) is 10.2 Å². The van der Waals surface area contributed by atoms with Gasteiger partial charge in [0.1, 0.15) is 5.75 Å². The highest BCUT2D eigenvalue weighted by molar-refractivity contribution is 6.34. The number of carbonyl (C=O) groups is 2. The molecule has 1 saturated heterocycles. The minimum absolute atomic E-state index is 0.0877. The van der Waals surface area contributed by atoms with E-state index in [1.54, 1.807) is 12.1 Å². The van der Waals surface area contributed by atoms with Gasteiger partial charge < -0.3 is 19.9 Å². The third-order valence-electron chi connectivity index (χ3n) is 4.96. The molecule has 29 heavy (non-hydrogen) atoms. The fraction of sp³-hybridized carbons (Fsp3) is 0.364. The Morgan fingerprint density at radius 1 is 1.07 bits per heavy atom. The number of anilines is 2. The first-order valence-electron chi connectivity index (χ1n) is 9.79. The molecule has 0 aliphatic carbocycles. The number of ether oxygens (including phenoxy) is 1.